The number of rotatable bonds is 9. The van der Waals surface area contributed by atoms with Gasteiger partial charge in [0, 0.05) is 43.3 Å². The first-order valence-electron chi connectivity index (χ1n) is 13.6. The number of hydrogen-bond donors (Lipinski definition) is 2. The summed E-state index contributed by atoms with van der Waals surface area (Å²) in [6.07, 6.45) is 1.38. The Hall–Kier alpha value is -4.84. The number of aryl methyl sites for hydroxylation is 1. The number of nitrogens with zero attached hydrogens (tertiary/aromatic N) is 9. The van der Waals surface area contributed by atoms with Crippen LogP contribution in [0.5, 0.6) is 0 Å². The van der Waals surface area contributed by atoms with Gasteiger partial charge in [-0.05, 0) is 31.7 Å². The van der Waals surface area contributed by atoms with Crippen molar-refractivity contribution in [2.24, 2.45) is 7.05 Å². The van der Waals surface area contributed by atoms with Crippen LogP contribution in [0.25, 0.3) is 22.6 Å². The summed E-state index contributed by atoms with van der Waals surface area (Å²) in [5, 5.41) is 12.8. The van der Waals surface area contributed by atoms with Crippen LogP contribution in [0.1, 0.15) is 37.8 Å². The van der Waals surface area contributed by atoms with E-state index in [0.717, 1.165) is 12.3 Å². The Morgan fingerprint density at radius 2 is 1.78 bits per heavy atom. The molecule has 45 heavy (non-hydrogen) atoms. The molecular formula is C26H26F7N11O. The smallest absolute Gasteiger partial charge is 0.351 e. The van der Waals surface area contributed by atoms with Gasteiger partial charge in [-0.2, -0.15) is 32.1 Å². The third-order valence-electron chi connectivity index (χ3n) is 7.05. The van der Waals surface area contributed by atoms with Gasteiger partial charge >= 0.3 is 18.8 Å². The third kappa shape index (κ3) is 7.46. The molecule has 4 aromatic rings. The molecule has 1 aliphatic rings. The van der Waals surface area contributed by atoms with Crippen LogP contribution in [0, 0.1) is 0 Å². The molecule has 0 saturated heterocycles. The van der Waals surface area contributed by atoms with Crippen molar-refractivity contribution in [1.29, 1.82) is 0 Å². The Labute approximate surface area is 250 Å². The van der Waals surface area contributed by atoms with E-state index < -0.39 is 54.7 Å². The quantitative estimate of drug-likeness (QED) is 0.240. The number of anilines is 2. The van der Waals surface area contributed by atoms with E-state index in [1.165, 1.54) is 17.3 Å². The van der Waals surface area contributed by atoms with Crippen molar-refractivity contribution in [3.05, 3.63) is 48.8 Å². The highest BCUT2D eigenvalue weighted by atomic mass is 19.4. The summed E-state index contributed by atoms with van der Waals surface area (Å²) < 4.78 is 94.5. The number of halogens is 7. The lowest BCUT2D eigenvalue weighted by atomic mass is 9.90. The van der Waals surface area contributed by atoms with E-state index >= 15 is 0 Å². The molecule has 0 bridgehead atoms. The Bertz CT molecular complexity index is 1600. The van der Waals surface area contributed by atoms with Crippen molar-refractivity contribution in [3.63, 3.8) is 0 Å². The van der Waals surface area contributed by atoms with Crippen molar-refractivity contribution in [2.75, 3.05) is 16.8 Å². The molecule has 240 valence electrons. The molecule has 4 heterocycles. The van der Waals surface area contributed by atoms with Gasteiger partial charge in [-0.3, -0.25) is 14.6 Å². The highest BCUT2D eigenvalue weighted by Crippen LogP contribution is 2.36. The number of carbonyl (C=O) groups excluding carboxylic acids is 1. The Kier molecular flexibility index (Phi) is 9.14. The lowest BCUT2D eigenvalue weighted by Crippen LogP contribution is -2.50. The Balaban J connectivity index is 1.31. The number of hydrogen-bond acceptors (Lipinski definition) is 8. The maximum atomic E-state index is 13.6. The van der Waals surface area contributed by atoms with Gasteiger partial charge in [-0.25, -0.2) is 33.2 Å². The zero-order valence-electron chi connectivity index (χ0n) is 23.5. The predicted molar refractivity (Wildman–Crippen MR) is 145 cm³/mol. The fourth-order valence-electron chi connectivity index (χ4n) is 4.94. The van der Waals surface area contributed by atoms with Gasteiger partial charge in [0.1, 0.15) is 17.0 Å². The van der Waals surface area contributed by atoms with Gasteiger partial charge in [0.05, 0.1) is 30.8 Å². The number of aromatic nitrogens is 8. The summed E-state index contributed by atoms with van der Waals surface area (Å²) in [6.45, 7) is -3.92. The van der Waals surface area contributed by atoms with Crippen molar-refractivity contribution in [2.45, 2.75) is 56.9 Å². The van der Waals surface area contributed by atoms with Gasteiger partial charge in [0.25, 0.3) is 6.43 Å². The minimum Gasteiger partial charge on any atom is -0.351 e. The summed E-state index contributed by atoms with van der Waals surface area (Å²) in [5.74, 6) is -0.0267. The first-order chi connectivity index (χ1) is 21.4. The molecule has 19 heteroatoms. The number of amides is 2. The summed E-state index contributed by atoms with van der Waals surface area (Å²) in [5.41, 5.74) is -1.13. The number of alkyl halides is 7. The van der Waals surface area contributed by atoms with E-state index in [9.17, 15) is 35.5 Å². The Morgan fingerprint density at radius 1 is 1.02 bits per heavy atom. The van der Waals surface area contributed by atoms with Crippen molar-refractivity contribution < 1.29 is 35.5 Å². The third-order valence-corrected chi connectivity index (χ3v) is 7.05. The van der Waals surface area contributed by atoms with Gasteiger partial charge in [0.15, 0.2) is 5.82 Å². The Morgan fingerprint density at radius 3 is 2.36 bits per heavy atom. The normalized spacial score (nSPS) is 17.1. The molecule has 1 aliphatic carbocycles. The first kappa shape index (κ1) is 31.6. The van der Waals surface area contributed by atoms with Crippen LogP contribution in [0.2, 0.25) is 0 Å². The van der Waals surface area contributed by atoms with E-state index in [1.54, 1.807) is 24.1 Å². The molecule has 5 rings (SSSR count). The van der Waals surface area contributed by atoms with Crippen LogP contribution in [-0.4, -0.2) is 70.6 Å². The largest absolute Gasteiger partial charge is 0.420 e. The van der Waals surface area contributed by atoms with Crippen molar-refractivity contribution in [3.8, 4) is 22.6 Å². The second kappa shape index (κ2) is 13.0. The van der Waals surface area contributed by atoms with E-state index in [-0.39, 0.29) is 22.5 Å². The maximum absolute atomic E-state index is 13.6. The highest BCUT2D eigenvalue weighted by molar-refractivity contribution is 5.91. The van der Waals surface area contributed by atoms with Crippen LogP contribution in [-0.2, 0) is 13.2 Å². The highest BCUT2D eigenvalue weighted by Gasteiger charge is 2.37. The van der Waals surface area contributed by atoms with Crippen LogP contribution < -0.4 is 15.5 Å². The molecule has 0 aliphatic heterocycles. The second-order valence-corrected chi connectivity index (χ2v) is 10.2. The van der Waals surface area contributed by atoms with E-state index in [4.69, 9.17) is 0 Å². The number of carbonyl (C=O) groups is 1. The van der Waals surface area contributed by atoms with Crippen molar-refractivity contribution in [1.82, 2.24) is 44.8 Å². The molecule has 1 fully saturated rings. The summed E-state index contributed by atoms with van der Waals surface area (Å²) in [7, 11) is 1.74. The summed E-state index contributed by atoms with van der Waals surface area (Å²) in [6, 6.07) is -0.594. The molecule has 2 amide bonds. The topological polar surface area (TPSA) is 132 Å². The molecule has 0 aromatic carbocycles. The number of urea groups is 1. The van der Waals surface area contributed by atoms with E-state index in [1.807, 2.05) is 0 Å². The molecule has 4 aromatic heterocycles. The standard InChI is InChI=1S/C26H26F7N11O/c1-42-13-14(8-38-42)19-10-35-21(12-34-19)44(25(45)37-11-20(27)28)16-4-2-15(3-5-16)39-24-36-9-17(26(31,32)33)22(40-24)18-6-7-43(41-18)23(29)30/h6-10,12-13,15-16,20,23H,2-5,11H2,1H3,(H,37,45)(H,36,39,40). The average molecular weight is 642 g/mol. The summed E-state index contributed by atoms with van der Waals surface area (Å²) in [4.78, 5) is 30.7. The van der Waals surface area contributed by atoms with Gasteiger partial charge in [-0.15, -0.1) is 0 Å². The lowest BCUT2D eigenvalue weighted by Gasteiger charge is -2.36. The van der Waals surface area contributed by atoms with Crippen LogP contribution in [0.3, 0.4) is 0 Å². The SMILES string of the molecule is Cn1cc(-c2cnc(N(C(=O)NCC(F)F)C3CCC(Nc4ncc(C(F)(F)F)c(-c5ccn(C(F)F)n5)n4)CC3)cn2)cn1. The monoisotopic (exact) mass is 641 g/mol. The zero-order chi connectivity index (χ0) is 32.3. The van der Waals surface area contributed by atoms with Crippen LogP contribution in [0.15, 0.2) is 43.2 Å². The van der Waals surface area contributed by atoms with Gasteiger partial charge < -0.3 is 10.6 Å². The fraction of sp³-hybridized carbons (Fsp3) is 0.423. The minimum atomic E-state index is -4.87. The van der Waals surface area contributed by atoms with E-state index in [0.29, 0.717) is 43.1 Å². The predicted octanol–water partition coefficient (Wildman–Crippen LogP) is 5.15. The molecular weight excluding hydrogens is 615 g/mol. The van der Waals surface area contributed by atoms with Gasteiger partial charge in [-0.1, -0.05) is 0 Å². The second-order valence-electron chi connectivity index (χ2n) is 10.2. The first-order valence-corrected chi connectivity index (χ1v) is 13.6. The molecule has 1 saturated carbocycles. The zero-order valence-corrected chi connectivity index (χ0v) is 23.5. The van der Waals surface area contributed by atoms with Gasteiger partial charge in [0.2, 0.25) is 5.95 Å². The number of nitrogens with one attached hydrogen (secondary N) is 2. The average Bonchev–Trinajstić information content (AvgIpc) is 3.67. The molecule has 0 spiro atoms. The summed E-state index contributed by atoms with van der Waals surface area (Å²) >= 11 is 0. The van der Waals surface area contributed by atoms with Crippen LogP contribution in [0.4, 0.5) is 47.3 Å². The van der Waals surface area contributed by atoms with Crippen LogP contribution >= 0.6 is 0 Å². The lowest BCUT2D eigenvalue weighted by molar-refractivity contribution is -0.137. The molecule has 0 unspecified atom stereocenters. The van der Waals surface area contributed by atoms with Crippen molar-refractivity contribution >= 4 is 17.8 Å². The maximum Gasteiger partial charge on any atom is 0.420 e. The molecule has 12 nitrogen and oxygen atoms in total. The fourth-order valence-corrected chi connectivity index (χ4v) is 4.94. The molecule has 2 N–H and O–H groups in total. The minimum absolute atomic E-state index is 0.143. The molecule has 0 radical (unpaired) electrons. The van der Waals surface area contributed by atoms with E-state index in [2.05, 4.69) is 40.8 Å². The molecule has 0 atom stereocenters.